The van der Waals surface area contributed by atoms with E-state index < -0.39 is 0 Å². The van der Waals surface area contributed by atoms with Crippen LogP contribution >= 0.6 is 0 Å². The molecule has 1 aromatic rings. The minimum atomic E-state index is -0.318. The second-order valence-electron chi connectivity index (χ2n) is 6.22. The van der Waals surface area contributed by atoms with Crippen molar-refractivity contribution in [3.63, 3.8) is 0 Å². The maximum Gasteiger partial charge on any atom is 0.0793 e. The fourth-order valence-electron chi connectivity index (χ4n) is 2.84. The van der Waals surface area contributed by atoms with Crippen molar-refractivity contribution in [3.8, 4) is 0 Å². The molecule has 0 fully saturated rings. The third kappa shape index (κ3) is 8.21. The summed E-state index contributed by atoms with van der Waals surface area (Å²) in [5, 5.41) is 10.2. The number of aliphatic hydroxyl groups is 1. The molecule has 1 unspecified atom stereocenters. The van der Waals surface area contributed by atoms with Crippen LogP contribution in [0, 0.1) is 6.92 Å². The summed E-state index contributed by atoms with van der Waals surface area (Å²) in [7, 11) is 0. The minimum Gasteiger partial charge on any atom is -0.388 e. The van der Waals surface area contributed by atoms with E-state index in [2.05, 4.69) is 11.9 Å². The molecule has 0 aromatic carbocycles. The SMILES string of the molecule is CCCCCCCCCCCCC(O)c1ccncc1C. The van der Waals surface area contributed by atoms with Crippen LogP contribution in [0.5, 0.6) is 0 Å². The van der Waals surface area contributed by atoms with Gasteiger partial charge in [-0.25, -0.2) is 0 Å². The van der Waals surface area contributed by atoms with Gasteiger partial charge in [0.15, 0.2) is 0 Å². The summed E-state index contributed by atoms with van der Waals surface area (Å²) in [6.07, 6.45) is 17.5. The molecule has 0 aliphatic heterocycles. The highest BCUT2D eigenvalue weighted by molar-refractivity contribution is 5.23. The molecule has 0 spiro atoms. The zero-order valence-electron chi connectivity index (χ0n) is 14.0. The van der Waals surface area contributed by atoms with Gasteiger partial charge in [0.1, 0.15) is 0 Å². The van der Waals surface area contributed by atoms with E-state index in [1.54, 1.807) is 6.20 Å². The van der Waals surface area contributed by atoms with Crippen molar-refractivity contribution in [2.24, 2.45) is 0 Å². The largest absolute Gasteiger partial charge is 0.388 e. The Balaban J connectivity index is 1.98. The Labute approximate surface area is 131 Å². The molecule has 2 heteroatoms. The van der Waals surface area contributed by atoms with Crippen LogP contribution in [0.25, 0.3) is 0 Å². The van der Waals surface area contributed by atoms with E-state index in [9.17, 15) is 5.11 Å². The topological polar surface area (TPSA) is 33.1 Å². The van der Waals surface area contributed by atoms with Crippen molar-refractivity contribution < 1.29 is 5.11 Å². The van der Waals surface area contributed by atoms with Crippen LogP contribution in [0.2, 0.25) is 0 Å². The van der Waals surface area contributed by atoms with Crippen molar-refractivity contribution in [2.75, 3.05) is 0 Å². The van der Waals surface area contributed by atoms with Crippen LogP contribution in [0.15, 0.2) is 18.5 Å². The normalized spacial score (nSPS) is 12.5. The van der Waals surface area contributed by atoms with Gasteiger partial charge in [-0.15, -0.1) is 0 Å². The summed E-state index contributed by atoms with van der Waals surface area (Å²) in [6.45, 7) is 4.28. The maximum atomic E-state index is 10.2. The van der Waals surface area contributed by atoms with Gasteiger partial charge in [-0.05, 0) is 30.5 Å². The smallest absolute Gasteiger partial charge is 0.0793 e. The summed E-state index contributed by atoms with van der Waals surface area (Å²) < 4.78 is 0. The molecule has 1 atom stereocenters. The molecule has 21 heavy (non-hydrogen) atoms. The second kappa shape index (κ2) is 11.7. The lowest BCUT2D eigenvalue weighted by molar-refractivity contribution is 0.162. The molecule has 0 saturated carbocycles. The molecular formula is C19H33NO. The van der Waals surface area contributed by atoms with Crippen molar-refractivity contribution in [1.29, 1.82) is 0 Å². The Bertz CT molecular complexity index is 364. The Morgan fingerprint density at radius 3 is 2.10 bits per heavy atom. The van der Waals surface area contributed by atoms with Crippen molar-refractivity contribution in [2.45, 2.75) is 90.6 Å². The fourth-order valence-corrected chi connectivity index (χ4v) is 2.84. The highest BCUT2D eigenvalue weighted by atomic mass is 16.3. The number of nitrogens with zero attached hydrogens (tertiary/aromatic N) is 1. The third-order valence-electron chi connectivity index (χ3n) is 4.25. The molecular weight excluding hydrogens is 258 g/mol. The first kappa shape index (κ1) is 18.2. The van der Waals surface area contributed by atoms with Crippen LogP contribution < -0.4 is 0 Å². The standard InChI is InChI=1S/C19H33NO/c1-3-4-5-6-7-8-9-10-11-12-13-19(21)18-14-15-20-16-17(18)2/h14-16,19,21H,3-13H2,1-2H3. The van der Waals surface area contributed by atoms with Gasteiger partial charge in [-0.3, -0.25) is 4.98 Å². The second-order valence-corrected chi connectivity index (χ2v) is 6.22. The van der Waals surface area contributed by atoms with Crippen LogP contribution in [0.4, 0.5) is 0 Å². The number of aromatic nitrogens is 1. The minimum absolute atomic E-state index is 0.318. The number of rotatable bonds is 12. The van der Waals surface area contributed by atoms with Gasteiger partial charge in [-0.2, -0.15) is 0 Å². The predicted molar refractivity (Wildman–Crippen MR) is 90.4 cm³/mol. The van der Waals surface area contributed by atoms with E-state index >= 15 is 0 Å². The van der Waals surface area contributed by atoms with Gasteiger partial charge in [0.05, 0.1) is 6.10 Å². The van der Waals surface area contributed by atoms with E-state index in [0.29, 0.717) is 0 Å². The molecule has 1 aromatic heterocycles. The molecule has 0 bridgehead atoms. The third-order valence-corrected chi connectivity index (χ3v) is 4.25. The molecule has 1 rings (SSSR count). The van der Waals surface area contributed by atoms with E-state index in [0.717, 1.165) is 24.0 Å². The van der Waals surface area contributed by atoms with Gasteiger partial charge >= 0.3 is 0 Å². The Morgan fingerprint density at radius 1 is 0.952 bits per heavy atom. The number of aliphatic hydroxyl groups excluding tert-OH is 1. The molecule has 2 nitrogen and oxygen atoms in total. The van der Waals surface area contributed by atoms with E-state index in [-0.39, 0.29) is 6.10 Å². The van der Waals surface area contributed by atoms with Crippen LogP contribution in [-0.2, 0) is 0 Å². The number of hydrogen-bond acceptors (Lipinski definition) is 2. The Morgan fingerprint density at radius 2 is 1.52 bits per heavy atom. The number of pyridine rings is 1. The molecule has 1 heterocycles. The van der Waals surface area contributed by atoms with Crippen LogP contribution in [0.1, 0.15) is 94.8 Å². The number of hydrogen-bond donors (Lipinski definition) is 1. The van der Waals surface area contributed by atoms with Gasteiger partial charge in [0.25, 0.3) is 0 Å². The fraction of sp³-hybridized carbons (Fsp3) is 0.737. The lowest BCUT2D eigenvalue weighted by atomic mass is 9.99. The summed E-state index contributed by atoms with van der Waals surface area (Å²) in [5.74, 6) is 0. The summed E-state index contributed by atoms with van der Waals surface area (Å²) in [6, 6.07) is 1.94. The average molecular weight is 291 g/mol. The number of unbranched alkanes of at least 4 members (excludes halogenated alkanes) is 9. The zero-order valence-corrected chi connectivity index (χ0v) is 14.0. The average Bonchev–Trinajstić information content (AvgIpc) is 2.49. The Hall–Kier alpha value is -0.890. The molecule has 120 valence electrons. The first-order valence-electron chi connectivity index (χ1n) is 8.84. The van der Waals surface area contributed by atoms with Crippen molar-refractivity contribution in [1.82, 2.24) is 4.98 Å². The van der Waals surface area contributed by atoms with Crippen molar-refractivity contribution in [3.05, 3.63) is 29.6 Å². The highest BCUT2D eigenvalue weighted by Crippen LogP contribution is 2.22. The van der Waals surface area contributed by atoms with Gasteiger partial charge < -0.3 is 5.11 Å². The lowest BCUT2D eigenvalue weighted by Gasteiger charge is -2.13. The van der Waals surface area contributed by atoms with Gasteiger partial charge in [-0.1, -0.05) is 71.1 Å². The summed E-state index contributed by atoms with van der Waals surface area (Å²) >= 11 is 0. The number of aryl methyl sites for hydroxylation is 1. The lowest BCUT2D eigenvalue weighted by Crippen LogP contribution is -2.00. The Kier molecular flexibility index (Phi) is 10.1. The quantitative estimate of drug-likeness (QED) is 0.498. The van der Waals surface area contributed by atoms with Crippen LogP contribution in [0.3, 0.4) is 0 Å². The van der Waals surface area contributed by atoms with E-state index in [4.69, 9.17) is 0 Å². The van der Waals surface area contributed by atoms with Gasteiger partial charge in [0.2, 0.25) is 0 Å². The molecule has 0 saturated heterocycles. The predicted octanol–water partition coefficient (Wildman–Crippen LogP) is 5.73. The van der Waals surface area contributed by atoms with E-state index in [1.165, 1.54) is 57.8 Å². The molecule has 0 radical (unpaired) electrons. The van der Waals surface area contributed by atoms with E-state index in [1.807, 2.05) is 19.2 Å². The first-order chi connectivity index (χ1) is 10.3. The van der Waals surface area contributed by atoms with Crippen LogP contribution in [-0.4, -0.2) is 10.1 Å². The molecule has 1 N–H and O–H groups in total. The monoisotopic (exact) mass is 291 g/mol. The first-order valence-corrected chi connectivity index (χ1v) is 8.84. The highest BCUT2D eigenvalue weighted by Gasteiger charge is 2.09. The molecule has 0 aliphatic rings. The maximum absolute atomic E-state index is 10.2. The zero-order chi connectivity index (χ0) is 15.3. The van der Waals surface area contributed by atoms with Gasteiger partial charge in [0, 0.05) is 12.4 Å². The molecule has 0 aliphatic carbocycles. The summed E-state index contributed by atoms with van der Waals surface area (Å²) in [4.78, 5) is 4.07. The summed E-state index contributed by atoms with van der Waals surface area (Å²) in [5.41, 5.74) is 2.14. The van der Waals surface area contributed by atoms with Crippen molar-refractivity contribution >= 4 is 0 Å². The molecule has 0 amide bonds.